The molecule has 0 radical (unpaired) electrons. The third kappa shape index (κ3) is 12.5. The Morgan fingerprint density at radius 1 is 0.652 bits per heavy atom. The Balaban J connectivity index is 0.981. The van der Waals surface area contributed by atoms with Gasteiger partial charge in [0.05, 0.1) is 18.0 Å². The smallest absolute Gasteiger partial charge is 0.413 e. The number of ether oxygens (including phenoxy) is 2. The van der Waals surface area contributed by atoms with Crippen molar-refractivity contribution in [3.8, 4) is 0 Å². The van der Waals surface area contributed by atoms with Gasteiger partial charge in [-0.15, -0.1) is 28.2 Å². The topological polar surface area (TPSA) is 179 Å². The summed E-state index contributed by atoms with van der Waals surface area (Å²) in [7, 11) is 0. The number of esters is 1. The van der Waals surface area contributed by atoms with Crippen LogP contribution in [-0.2, 0) is 39.8 Å². The van der Waals surface area contributed by atoms with Crippen molar-refractivity contribution in [2.75, 3.05) is 11.1 Å². The van der Waals surface area contributed by atoms with E-state index in [1.54, 1.807) is 26.2 Å². The summed E-state index contributed by atoms with van der Waals surface area (Å²) in [6, 6.07) is 77.9. The van der Waals surface area contributed by atoms with Crippen molar-refractivity contribution >= 4 is 69.6 Å². The van der Waals surface area contributed by atoms with Crippen molar-refractivity contribution in [1.29, 1.82) is 0 Å². The minimum absolute atomic E-state index is 0.0106. The van der Waals surface area contributed by atoms with Crippen LogP contribution in [0, 0.1) is 0 Å². The fourth-order valence-electron chi connectivity index (χ4n) is 11.1. The van der Waals surface area contributed by atoms with Crippen LogP contribution in [0.3, 0.4) is 0 Å². The van der Waals surface area contributed by atoms with Crippen molar-refractivity contribution in [2.24, 2.45) is 5.16 Å². The van der Waals surface area contributed by atoms with Crippen molar-refractivity contribution in [2.45, 2.75) is 65.8 Å². The van der Waals surface area contributed by atoms with E-state index in [9.17, 15) is 9.59 Å². The third-order valence-corrected chi connectivity index (χ3v) is 18.2. The Kier molecular flexibility index (Phi) is 17.5. The molecule has 1 saturated heterocycles. The number of carbonyl (C=O) groups excluding carboxylic acids is 4. The van der Waals surface area contributed by atoms with Crippen LogP contribution in [0.1, 0.15) is 83.5 Å². The fraction of sp³-hybridized carbons (Fsp3) is 0.155. The molecule has 3 amide bonds. The van der Waals surface area contributed by atoms with Gasteiger partial charge in [-0.3, -0.25) is 19.8 Å². The number of hydrogen-bond donors (Lipinski definition) is 2. The molecule has 0 saturated carbocycles. The number of β-lactam (4-membered cyclic amide) rings is 1. The number of thioether (sulfide) groups is 2. The second kappa shape index (κ2) is 26.2. The summed E-state index contributed by atoms with van der Waals surface area (Å²) in [5.74, 6) is -1.80. The van der Waals surface area contributed by atoms with Crippen molar-refractivity contribution in [3.63, 3.8) is 0 Å². The first-order chi connectivity index (χ1) is 43.4. The van der Waals surface area contributed by atoms with Crippen LogP contribution in [-0.4, -0.2) is 76.6 Å². The molecule has 4 heterocycles. The summed E-state index contributed by atoms with van der Waals surface area (Å²) in [6.45, 7) is 5.26. The molecule has 0 bridgehead atoms. The van der Waals surface area contributed by atoms with Crippen LogP contribution in [0.4, 0.5) is 9.93 Å². The Morgan fingerprint density at radius 3 is 1.57 bits per heavy atom. The van der Waals surface area contributed by atoms with E-state index in [-0.39, 0.29) is 40.3 Å². The second-order valence-electron chi connectivity index (χ2n) is 22.0. The quantitative estimate of drug-likeness (QED) is 0.0184. The molecule has 0 spiro atoms. The number of hydrogen-bond acceptors (Lipinski definition) is 14. The highest BCUT2D eigenvalue weighted by Gasteiger charge is 2.50. The summed E-state index contributed by atoms with van der Waals surface area (Å²) in [5.41, 5.74) is 3.29. The molecule has 2 aromatic heterocycles. The zero-order valence-electron chi connectivity index (χ0n) is 48.7. The Bertz CT molecular complexity index is 3920. The Hall–Kier alpha value is -9.88. The molecule has 0 aliphatic carbocycles. The highest BCUT2D eigenvalue weighted by atomic mass is 32.2. The van der Waals surface area contributed by atoms with Crippen LogP contribution < -0.4 is 10.6 Å². The first-order valence-electron chi connectivity index (χ1n) is 28.8. The van der Waals surface area contributed by atoms with Gasteiger partial charge < -0.3 is 19.6 Å². The summed E-state index contributed by atoms with van der Waals surface area (Å²) in [4.78, 5) is 71.9. The van der Waals surface area contributed by atoms with Gasteiger partial charge in [-0.25, -0.2) is 19.3 Å². The van der Waals surface area contributed by atoms with Crippen LogP contribution in [0.15, 0.2) is 276 Å². The van der Waals surface area contributed by atoms with E-state index in [1.807, 2.05) is 217 Å². The van der Waals surface area contributed by atoms with E-state index in [0.29, 0.717) is 38.4 Å². The maximum Gasteiger partial charge on any atom is 0.413 e. The lowest BCUT2D eigenvalue weighted by Gasteiger charge is -2.47. The number of aromatic nitrogens is 4. The monoisotopic (exact) mass is 1230 g/mol. The summed E-state index contributed by atoms with van der Waals surface area (Å²) < 4.78 is 14.1. The minimum atomic E-state index is -1.43. The van der Waals surface area contributed by atoms with E-state index in [0.717, 1.165) is 28.0 Å². The zero-order chi connectivity index (χ0) is 61.4. The molecule has 10 aromatic rings. The molecule has 2 aliphatic heterocycles. The van der Waals surface area contributed by atoms with Gasteiger partial charge >= 0.3 is 12.1 Å². The number of oxime groups is 1. The van der Waals surface area contributed by atoms with Gasteiger partial charge in [-0.1, -0.05) is 265 Å². The number of amides is 3. The molecular weight excluding hydrogens is 1170 g/mol. The van der Waals surface area contributed by atoms with Gasteiger partial charge in [0.25, 0.3) is 5.91 Å². The van der Waals surface area contributed by atoms with E-state index in [4.69, 9.17) is 34.8 Å². The molecule has 444 valence electrons. The van der Waals surface area contributed by atoms with Crippen LogP contribution in [0.2, 0.25) is 0 Å². The van der Waals surface area contributed by atoms with E-state index in [1.165, 1.54) is 28.4 Å². The van der Waals surface area contributed by atoms with Gasteiger partial charge in [0, 0.05) is 33.4 Å². The molecule has 15 nitrogen and oxygen atoms in total. The maximum absolute atomic E-state index is 15.9. The fourth-order valence-corrected chi connectivity index (χ4v) is 14.2. The number of nitrogens with zero attached hydrogens (tertiary/aromatic N) is 6. The minimum Gasteiger partial charge on any atom is -0.448 e. The van der Waals surface area contributed by atoms with Crippen molar-refractivity contribution < 1.29 is 33.5 Å². The molecule has 2 aliphatic rings. The zero-order valence-corrected chi connectivity index (χ0v) is 51.1. The number of benzene rings is 8. The first-order valence-corrected chi connectivity index (χ1v) is 31.6. The average molecular weight is 1230 g/mol. The van der Waals surface area contributed by atoms with E-state index in [2.05, 4.69) is 47.0 Å². The lowest BCUT2D eigenvalue weighted by Crippen LogP contribution is -2.58. The van der Waals surface area contributed by atoms with Gasteiger partial charge in [-0.2, -0.15) is 0 Å². The highest BCUT2D eigenvalue weighted by Crippen LogP contribution is 2.47. The summed E-state index contributed by atoms with van der Waals surface area (Å²) >= 11 is 3.65. The molecule has 12 rings (SSSR count). The van der Waals surface area contributed by atoms with Gasteiger partial charge in [-0.05, 0) is 48.6 Å². The molecular formula is C71H60N8O7S3. The van der Waals surface area contributed by atoms with E-state index >= 15 is 9.59 Å². The standard InChI is InChI=1S/C71H60N8O7S3/c1-69(2,3)85-68(83)74-67-72-57(47-88-67)61(76-86-71(53-38-22-9-23-39-53,54-40-24-10-25-41-54)55-42-26-11-27-43-55)64(81)73-65-56(62(79-59(80)44-60(79)89-65)66(82)84-63(48-28-12-4-13-29-48)49-30-14-5-15-31-49)46-87-58-45-78(77-75-58)70(50-32-16-6-17-33-50,51-34-18-7-19-35-51)52-36-20-8-21-37-52/h4-43,45,47,60,63,65H,44,46H2,1-3H3,(H,73,81)(H,72,74,83)/b76-61-. The Morgan fingerprint density at radius 2 is 1.11 bits per heavy atom. The van der Waals surface area contributed by atoms with Crippen LogP contribution in [0.25, 0.3) is 0 Å². The number of thiazole rings is 1. The molecule has 18 heteroatoms. The molecule has 89 heavy (non-hydrogen) atoms. The predicted molar refractivity (Wildman–Crippen MR) is 347 cm³/mol. The predicted octanol–water partition coefficient (Wildman–Crippen LogP) is 13.8. The number of anilines is 1. The Labute approximate surface area is 527 Å². The lowest BCUT2D eigenvalue weighted by molar-refractivity contribution is -0.152. The highest BCUT2D eigenvalue weighted by molar-refractivity contribution is 8.01. The van der Waals surface area contributed by atoms with Gasteiger partial charge in [0.2, 0.25) is 11.5 Å². The molecule has 2 unspecified atom stereocenters. The van der Waals surface area contributed by atoms with Crippen LogP contribution >= 0.6 is 34.9 Å². The molecule has 2 atom stereocenters. The summed E-state index contributed by atoms with van der Waals surface area (Å²) in [5, 5.41) is 21.1. The average Bonchev–Trinajstić information content (AvgIpc) is 1.32. The summed E-state index contributed by atoms with van der Waals surface area (Å²) in [6.07, 6.45) is 0.331. The normalized spacial score (nSPS) is 15.2. The second-order valence-corrected chi connectivity index (χ2v) is 25.1. The maximum atomic E-state index is 15.9. The first kappa shape index (κ1) is 59.5. The van der Waals surface area contributed by atoms with Crippen molar-refractivity contribution in [3.05, 3.63) is 316 Å². The lowest BCUT2D eigenvalue weighted by atomic mass is 9.77. The number of fused-ring (bicyclic) bond motifs is 1. The van der Waals surface area contributed by atoms with Gasteiger partial charge in [0.15, 0.2) is 16.9 Å². The largest absolute Gasteiger partial charge is 0.448 e. The molecule has 2 N–H and O–H groups in total. The van der Waals surface area contributed by atoms with Crippen LogP contribution in [0.5, 0.6) is 0 Å². The molecule has 8 aromatic carbocycles. The SMILES string of the molecule is CC(C)(C)OC(=O)Nc1nc(/C(=N/OC(c2ccccc2)(c2ccccc2)c2ccccc2)C(=O)NC2SC3CC(=O)N3C(C(=O)OC(c3ccccc3)c3ccccc3)=C2CSc2cn(C(c3ccccc3)(c3ccccc3)c3ccccc3)nn2)cs1. The van der Waals surface area contributed by atoms with E-state index < -0.39 is 51.6 Å². The number of carbonyl (C=O) groups is 4. The third-order valence-electron chi connectivity index (χ3n) is 15.1. The molecule has 1 fully saturated rings. The van der Waals surface area contributed by atoms with Crippen molar-refractivity contribution in [1.82, 2.24) is 30.2 Å². The van der Waals surface area contributed by atoms with Gasteiger partial charge in [0.1, 0.15) is 32.9 Å². The number of rotatable bonds is 20. The number of nitrogens with one attached hydrogen (secondary N) is 2.